The predicted octanol–water partition coefficient (Wildman–Crippen LogP) is 8.36. The zero-order valence-electron chi connectivity index (χ0n) is 34.5. The number of carbonyl (C=O) groups excluding carboxylic acids is 1. The van der Waals surface area contributed by atoms with Gasteiger partial charge in [0, 0.05) is 88.7 Å². The van der Waals surface area contributed by atoms with Gasteiger partial charge in [0.2, 0.25) is 0 Å². The van der Waals surface area contributed by atoms with E-state index in [4.69, 9.17) is 15.2 Å². The van der Waals surface area contributed by atoms with E-state index < -0.39 is 21.6 Å². The van der Waals surface area contributed by atoms with Crippen LogP contribution >= 0.6 is 0 Å². The number of alkyl halides is 1. The van der Waals surface area contributed by atoms with Crippen LogP contribution in [0.15, 0.2) is 89.1 Å². The number of nitrogens with two attached hydrogens (primary N) is 1. The van der Waals surface area contributed by atoms with Crippen molar-refractivity contribution in [1.82, 2.24) is 19.6 Å². The van der Waals surface area contributed by atoms with Crippen molar-refractivity contribution in [1.29, 1.82) is 0 Å². The number of allylic oxidation sites excluding steroid dienone is 2. The van der Waals surface area contributed by atoms with Crippen molar-refractivity contribution < 1.29 is 27.1 Å². The number of aromatic nitrogens is 2. The summed E-state index contributed by atoms with van der Waals surface area (Å²) in [6.07, 6.45) is 10.5. The van der Waals surface area contributed by atoms with Gasteiger partial charge in [-0.05, 0) is 86.4 Å². The highest BCUT2D eigenvalue weighted by molar-refractivity contribution is 7.90. The van der Waals surface area contributed by atoms with E-state index in [1.807, 2.05) is 12.1 Å². The second-order valence-electron chi connectivity index (χ2n) is 17.1. The molecule has 14 heteroatoms. The molecule has 2 saturated heterocycles. The van der Waals surface area contributed by atoms with Gasteiger partial charge in [0.05, 0.1) is 28.0 Å². The molecule has 0 radical (unpaired) electrons. The maximum atomic E-state index is 15.1. The van der Waals surface area contributed by atoms with Crippen molar-refractivity contribution in [3.8, 4) is 11.5 Å². The topological polar surface area (TPSA) is 155 Å². The SMILES string of the molecule is C=C(CC)CCC1=C(CN2CCN(c3ccc(C(=O)NS(=O)(=O)c4ccc(NCC5(F)CCOCC5)c(N)c4)c(Oc4cnc5[nH]ccc5c4)c3)CC2)CCC(C)(C)C1. The Morgan fingerprint density at radius 1 is 1.05 bits per heavy atom. The summed E-state index contributed by atoms with van der Waals surface area (Å²) in [4.78, 5) is 25.9. The average Bonchev–Trinajstić information content (AvgIpc) is 3.69. The van der Waals surface area contributed by atoms with E-state index in [-0.39, 0.29) is 41.3 Å². The van der Waals surface area contributed by atoms with Crippen LogP contribution in [0.5, 0.6) is 11.5 Å². The number of ether oxygens (including phenoxy) is 2. The minimum atomic E-state index is -4.37. The first-order valence-electron chi connectivity index (χ1n) is 20.8. The maximum absolute atomic E-state index is 15.1. The first-order chi connectivity index (χ1) is 28.2. The highest BCUT2D eigenvalue weighted by Crippen LogP contribution is 2.41. The summed E-state index contributed by atoms with van der Waals surface area (Å²) >= 11 is 0. The standard InChI is InChI=1S/C45H58FN7O5S/c1-5-31(2)6-7-33-27-44(3,4)14-12-34(33)29-52-18-20-53(21-19-52)35-8-10-38(41(25-35)58-36-24-32-13-17-48-42(32)49-28-36)43(54)51-59(55,56)37-9-11-40(39(47)26-37)50-30-45(46)15-22-57-23-16-45/h8-11,13,17,24-26,28,50H,2,5-7,12,14-16,18-23,27,29-30,47H2,1,3-4H3,(H,48,49)(H,51,54). The molecule has 4 aromatic rings. The maximum Gasteiger partial charge on any atom is 0.268 e. The van der Waals surface area contributed by atoms with Gasteiger partial charge in [-0.2, -0.15) is 0 Å². The molecule has 4 heterocycles. The van der Waals surface area contributed by atoms with Crippen LogP contribution in [0.3, 0.4) is 0 Å². The fraction of sp³-hybridized carbons (Fsp3) is 0.467. The number of fused-ring (bicyclic) bond motifs is 1. The smallest absolute Gasteiger partial charge is 0.268 e. The van der Waals surface area contributed by atoms with Gasteiger partial charge in [-0.15, -0.1) is 0 Å². The van der Waals surface area contributed by atoms with E-state index in [2.05, 4.69) is 57.2 Å². The number of halogens is 1. The normalized spacial score (nSPS) is 18.5. The Balaban J connectivity index is 1.06. The van der Waals surface area contributed by atoms with Crippen molar-refractivity contribution in [3.05, 3.63) is 89.8 Å². The third-order valence-electron chi connectivity index (χ3n) is 12.1. The lowest BCUT2D eigenvalue weighted by molar-refractivity contribution is -0.00115. The number of pyridine rings is 1. The molecule has 2 fully saturated rings. The molecule has 2 aromatic carbocycles. The zero-order chi connectivity index (χ0) is 41.8. The minimum Gasteiger partial charge on any atom is -0.455 e. The van der Waals surface area contributed by atoms with Crippen LogP contribution in [0, 0.1) is 5.41 Å². The number of hydrogen-bond acceptors (Lipinski definition) is 10. The Morgan fingerprint density at radius 2 is 1.83 bits per heavy atom. The molecule has 316 valence electrons. The van der Waals surface area contributed by atoms with Crippen LogP contribution in [-0.4, -0.2) is 87.3 Å². The second kappa shape index (κ2) is 17.7. The highest BCUT2D eigenvalue weighted by Gasteiger charge is 2.33. The first-order valence-corrected chi connectivity index (χ1v) is 22.2. The van der Waals surface area contributed by atoms with Crippen molar-refractivity contribution in [2.75, 3.05) is 68.4 Å². The number of nitrogen functional groups attached to an aromatic ring is 1. The van der Waals surface area contributed by atoms with Gasteiger partial charge in [0.1, 0.15) is 22.8 Å². The summed E-state index contributed by atoms with van der Waals surface area (Å²) in [5.41, 5.74) is 11.7. The lowest BCUT2D eigenvalue weighted by atomic mass is 9.73. The van der Waals surface area contributed by atoms with Crippen LogP contribution in [0.1, 0.15) is 82.5 Å². The van der Waals surface area contributed by atoms with E-state index in [0.717, 1.165) is 75.9 Å². The summed E-state index contributed by atoms with van der Waals surface area (Å²) in [7, 11) is -4.37. The van der Waals surface area contributed by atoms with Crippen LogP contribution in [-0.2, 0) is 14.8 Å². The molecule has 0 unspecified atom stereocenters. The summed E-state index contributed by atoms with van der Waals surface area (Å²) < 4.78 is 56.1. The summed E-state index contributed by atoms with van der Waals surface area (Å²) in [6, 6.07) is 12.9. The molecule has 3 aliphatic rings. The van der Waals surface area contributed by atoms with E-state index in [9.17, 15) is 13.2 Å². The van der Waals surface area contributed by atoms with Gasteiger partial charge in [-0.3, -0.25) is 9.69 Å². The van der Waals surface area contributed by atoms with Crippen molar-refractivity contribution in [2.24, 2.45) is 5.41 Å². The van der Waals surface area contributed by atoms with E-state index in [1.165, 1.54) is 30.2 Å². The number of anilines is 3. The van der Waals surface area contributed by atoms with Gasteiger partial charge in [0.25, 0.3) is 15.9 Å². The van der Waals surface area contributed by atoms with Crippen LogP contribution in [0.25, 0.3) is 11.0 Å². The summed E-state index contributed by atoms with van der Waals surface area (Å²) in [6.45, 7) is 16.2. The summed E-state index contributed by atoms with van der Waals surface area (Å²) in [5, 5.41) is 3.83. The average molecular weight is 828 g/mol. The molecule has 59 heavy (non-hydrogen) atoms. The van der Waals surface area contributed by atoms with Gasteiger partial charge in [-0.25, -0.2) is 22.5 Å². The number of sulfonamides is 1. The molecule has 7 rings (SSSR count). The monoisotopic (exact) mass is 827 g/mol. The lowest BCUT2D eigenvalue weighted by Crippen LogP contribution is -2.47. The fourth-order valence-electron chi connectivity index (χ4n) is 8.21. The van der Waals surface area contributed by atoms with Crippen LogP contribution < -0.4 is 25.4 Å². The number of nitrogens with one attached hydrogen (secondary N) is 3. The number of piperazine rings is 1. The van der Waals surface area contributed by atoms with Gasteiger partial charge >= 0.3 is 0 Å². The van der Waals surface area contributed by atoms with E-state index in [1.54, 1.807) is 41.7 Å². The van der Waals surface area contributed by atoms with Crippen molar-refractivity contribution >= 4 is 44.0 Å². The molecular formula is C45H58FN7O5S. The zero-order valence-corrected chi connectivity index (χ0v) is 35.4. The number of nitrogens with zero attached hydrogens (tertiary/aromatic N) is 3. The Labute approximate surface area is 347 Å². The predicted molar refractivity (Wildman–Crippen MR) is 232 cm³/mol. The Hall–Kier alpha value is -4.92. The van der Waals surface area contributed by atoms with Crippen LogP contribution in [0.4, 0.5) is 21.5 Å². The molecule has 1 aliphatic carbocycles. The number of hydrogen-bond donors (Lipinski definition) is 4. The fourth-order valence-corrected chi connectivity index (χ4v) is 9.21. The molecule has 0 bridgehead atoms. The molecule has 0 atom stereocenters. The quantitative estimate of drug-likeness (QED) is 0.0679. The molecule has 12 nitrogen and oxygen atoms in total. The Kier molecular flexibility index (Phi) is 12.7. The van der Waals surface area contributed by atoms with Crippen molar-refractivity contribution in [3.63, 3.8) is 0 Å². The Bertz CT molecular complexity index is 2310. The third kappa shape index (κ3) is 10.5. The van der Waals surface area contributed by atoms with E-state index in [0.29, 0.717) is 35.7 Å². The molecule has 0 saturated carbocycles. The van der Waals surface area contributed by atoms with Gasteiger partial charge in [0.15, 0.2) is 0 Å². The number of amides is 1. The second-order valence-corrected chi connectivity index (χ2v) is 18.8. The van der Waals surface area contributed by atoms with E-state index >= 15 is 4.39 Å². The number of rotatable bonds is 15. The molecule has 0 spiro atoms. The summed E-state index contributed by atoms with van der Waals surface area (Å²) in [5.74, 6) is -0.284. The molecule has 5 N–H and O–H groups in total. The number of aromatic amines is 1. The molecule has 2 aromatic heterocycles. The minimum absolute atomic E-state index is 0.0123. The first kappa shape index (κ1) is 42.2. The number of carbonyl (C=O) groups is 1. The number of H-pyrrole nitrogens is 1. The molecular weight excluding hydrogens is 770 g/mol. The van der Waals surface area contributed by atoms with Crippen LogP contribution in [0.2, 0.25) is 0 Å². The third-order valence-corrected chi connectivity index (χ3v) is 13.4. The molecule has 2 aliphatic heterocycles. The van der Waals surface area contributed by atoms with Gasteiger partial charge in [-0.1, -0.05) is 44.1 Å². The lowest BCUT2D eigenvalue weighted by Gasteiger charge is -2.39. The van der Waals surface area contributed by atoms with Crippen molar-refractivity contribution in [2.45, 2.75) is 82.7 Å². The largest absolute Gasteiger partial charge is 0.455 e. The molecule has 1 amide bonds. The Morgan fingerprint density at radius 3 is 2.58 bits per heavy atom. The van der Waals surface area contributed by atoms with Gasteiger partial charge < -0.3 is 30.4 Å². The number of benzene rings is 2. The highest BCUT2D eigenvalue weighted by atomic mass is 32.2.